The summed E-state index contributed by atoms with van der Waals surface area (Å²) in [4.78, 5) is 12.0. The Hall–Kier alpha value is -1.65. The van der Waals surface area contributed by atoms with Gasteiger partial charge in [0.15, 0.2) is 0 Å². The summed E-state index contributed by atoms with van der Waals surface area (Å²) in [6.07, 6.45) is 6.08. The minimum atomic E-state index is -0.154. The summed E-state index contributed by atoms with van der Waals surface area (Å²) < 4.78 is 0. The number of nitrogens with zero attached hydrogens (tertiary/aromatic N) is 2. The third-order valence-corrected chi connectivity index (χ3v) is 3.69. The third-order valence-electron chi connectivity index (χ3n) is 3.69. The fourth-order valence-corrected chi connectivity index (χ4v) is 2.70. The third kappa shape index (κ3) is 3.91. The summed E-state index contributed by atoms with van der Waals surface area (Å²) in [6, 6.07) is 1.87. The first-order valence-corrected chi connectivity index (χ1v) is 6.82. The van der Waals surface area contributed by atoms with Crippen LogP contribution in [0.1, 0.15) is 45.2 Å². The van der Waals surface area contributed by atoms with E-state index < -0.39 is 0 Å². The predicted molar refractivity (Wildman–Crippen MR) is 75.0 cm³/mol. The Labute approximate surface area is 114 Å². The number of urea groups is 1. The first kappa shape index (κ1) is 13.8. The number of carbonyl (C=O) groups is 1. The lowest BCUT2D eigenvalue weighted by atomic mass is 9.75. The molecule has 5 heteroatoms. The lowest BCUT2D eigenvalue weighted by Crippen LogP contribution is -2.42. The van der Waals surface area contributed by atoms with Gasteiger partial charge in [0.1, 0.15) is 0 Å². The fraction of sp³-hybridized carbons (Fsp3) is 0.643. The zero-order chi connectivity index (χ0) is 13.9. The van der Waals surface area contributed by atoms with Crippen LogP contribution in [0.4, 0.5) is 10.5 Å². The van der Waals surface area contributed by atoms with Crippen molar-refractivity contribution in [3.63, 3.8) is 0 Å². The number of hydrogen-bond donors (Lipinski definition) is 2. The average Bonchev–Trinajstić information content (AvgIpc) is 2.30. The maximum absolute atomic E-state index is 12.0. The molecular formula is C14H22N4O. The number of amides is 2. The molecule has 0 saturated heterocycles. The molecule has 2 N–H and O–H groups in total. The molecule has 0 aliphatic heterocycles. The average molecular weight is 262 g/mol. The summed E-state index contributed by atoms with van der Waals surface area (Å²) in [6.45, 7) is 6.34. The highest BCUT2D eigenvalue weighted by atomic mass is 16.2. The number of hydrogen-bond acceptors (Lipinski definition) is 3. The zero-order valence-electron chi connectivity index (χ0n) is 11.9. The van der Waals surface area contributed by atoms with Crippen LogP contribution in [-0.4, -0.2) is 22.3 Å². The number of rotatable bonds is 2. The lowest BCUT2D eigenvalue weighted by molar-refractivity contribution is 0.196. The standard InChI is InChI=1S/C14H22N4O/c1-10-12(6-8-15-18-10)17-13(19)16-11-5-4-7-14(2,3)9-11/h6,8,11H,4-5,7,9H2,1-3H3,(H2,15,16,17,19). The van der Waals surface area contributed by atoms with Gasteiger partial charge in [-0.1, -0.05) is 20.3 Å². The van der Waals surface area contributed by atoms with Gasteiger partial charge in [-0.3, -0.25) is 0 Å². The van der Waals surface area contributed by atoms with Crippen LogP contribution in [-0.2, 0) is 0 Å². The fourth-order valence-electron chi connectivity index (χ4n) is 2.70. The van der Waals surface area contributed by atoms with Gasteiger partial charge in [-0.15, -0.1) is 0 Å². The van der Waals surface area contributed by atoms with Gasteiger partial charge < -0.3 is 10.6 Å². The zero-order valence-corrected chi connectivity index (χ0v) is 11.9. The Bertz CT molecular complexity index is 459. The maximum Gasteiger partial charge on any atom is 0.319 e. The van der Waals surface area contributed by atoms with Crippen molar-refractivity contribution in [2.75, 3.05) is 5.32 Å². The van der Waals surface area contributed by atoms with Gasteiger partial charge in [-0.05, 0) is 37.7 Å². The largest absolute Gasteiger partial charge is 0.335 e. The van der Waals surface area contributed by atoms with E-state index in [1.54, 1.807) is 12.3 Å². The van der Waals surface area contributed by atoms with Crippen molar-refractivity contribution in [1.82, 2.24) is 15.5 Å². The number of nitrogens with one attached hydrogen (secondary N) is 2. The molecule has 1 heterocycles. The van der Waals surface area contributed by atoms with E-state index in [1.807, 2.05) is 6.92 Å². The van der Waals surface area contributed by atoms with Gasteiger partial charge in [0.25, 0.3) is 0 Å². The lowest BCUT2D eigenvalue weighted by Gasteiger charge is -2.35. The van der Waals surface area contributed by atoms with E-state index >= 15 is 0 Å². The highest BCUT2D eigenvalue weighted by molar-refractivity contribution is 5.89. The van der Waals surface area contributed by atoms with Crippen molar-refractivity contribution in [2.24, 2.45) is 5.41 Å². The Balaban J connectivity index is 1.90. The minimum absolute atomic E-state index is 0.154. The summed E-state index contributed by atoms with van der Waals surface area (Å²) in [5, 5.41) is 13.6. The van der Waals surface area contributed by atoms with Crippen molar-refractivity contribution >= 4 is 11.7 Å². The summed E-state index contributed by atoms with van der Waals surface area (Å²) in [5.41, 5.74) is 1.76. The van der Waals surface area contributed by atoms with Crippen LogP contribution < -0.4 is 10.6 Å². The number of carbonyl (C=O) groups excluding carboxylic acids is 1. The molecule has 104 valence electrons. The Kier molecular flexibility index (Phi) is 4.02. The molecule has 1 saturated carbocycles. The molecule has 1 aromatic heterocycles. The molecule has 0 radical (unpaired) electrons. The normalized spacial score (nSPS) is 21.7. The molecule has 2 amide bonds. The smallest absolute Gasteiger partial charge is 0.319 e. The van der Waals surface area contributed by atoms with Crippen molar-refractivity contribution in [3.05, 3.63) is 18.0 Å². The quantitative estimate of drug-likeness (QED) is 0.861. The van der Waals surface area contributed by atoms with Gasteiger partial charge >= 0.3 is 6.03 Å². The summed E-state index contributed by atoms with van der Waals surface area (Å²) >= 11 is 0. The first-order valence-electron chi connectivity index (χ1n) is 6.82. The molecular weight excluding hydrogens is 240 g/mol. The molecule has 1 unspecified atom stereocenters. The van der Waals surface area contributed by atoms with E-state index in [4.69, 9.17) is 0 Å². The Morgan fingerprint density at radius 1 is 1.47 bits per heavy atom. The molecule has 1 aromatic rings. The second-order valence-corrected chi connectivity index (χ2v) is 6.09. The van der Waals surface area contributed by atoms with Crippen LogP contribution in [0.3, 0.4) is 0 Å². The van der Waals surface area contributed by atoms with Crippen LogP contribution in [0.5, 0.6) is 0 Å². The van der Waals surface area contributed by atoms with Crippen LogP contribution in [0.2, 0.25) is 0 Å². The monoisotopic (exact) mass is 262 g/mol. The van der Waals surface area contributed by atoms with Crippen LogP contribution in [0, 0.1) is 12.3 Å². The van der Waals surface area contributed by atoms with Gasteiger partial charge in [0.2, 0.25) is 0 Å². The number of aromatic nitrogens is 2. The Morgan fingerprint density at radius 3 is 2.95 bits per heavy atom. The van der Waals surface area contributed by atoms with Crippen molar-refractivity contribution < 1.29 is 4.79 Å². The van der Waals surface area contributed by atoms with Crippen LogP contribution >= 0.6 is 0 Å². The molecule has 1 atom stereocenters. The van der Waals surface area contributed by atoms with E-state index in [-0.39, 0.29) is 12.1 Å². The van der Waals surface area contributed by atoms with Crippen molar-refractivity contribution in [2.45, 2.75) is 52.5 Å². The highest BCUT2D eigenvalue weighted by Crippen LogP contribution is 2.35. The van der Waals surface area contributed by atoms with E-state index in [9.17, 15) is 4.79 Å². The van der Waals surface area contributed by atoms with E-state index in [1.165, 1.54) is 12.8 Å². The van der Waals surface area contributed by atoms with Crippen LogP contribution in [0.25, 0.3) is 0 Å². The maximum atomic E-state index is 12.0. The number of aryl methyl sites for hydroxylation is 1. The first-order chi connectivity index (χ1) is 8.96. The summed E-state index contributed by atoms with van der Waals surface area (Å²) in [5.74, 6) is 0. The van der Waals surface area contributed by atoms with Crippen molar-refractivity contribution in [3.8, 4) is 0 Å². The molecule has 0 bridgehead atoms. The molecule has 5 nitrogen and oxygen atoms in total. The molecule has 1 aliphatic rings. The van der Waals surface area contributed by atoms with Crippen LogP contribution in [0.15, 0.2) is 12.3 Å². The second kappa shape index (κ2) is 5.55. The summed E-state index contributed by atoms with van der Waals surface area (Å²) in [7, 11) is 0. The van der Waals surface area contributed by atoms with E-state index in [0.717, 1.165) is 18.5 Å². The van der Waals surface area contributed by atoms with Gasteiger partial charge in [-0.2, -0.15) is 10.2 Å². The molecule has 2 rings (SSSR count). The minimum Gasteiger partial charge on any atom is -0.335 e. The molecule has 19 heavy (non-hydrogen) atoms. The van der Waals surface area contributed by atoms with Crippen molar-refractivity contribution in [1.29, 1.82) is 0 Å². The van der Waals surface area contributed by atoms with Gasteiger partial charge in [-0.25, -0.2) is 4.79 Å². The predicted octanol–water partition coefficient (Wildman–Crippen LogP) is 2.88. The van der Waals surface area contributed by atoms with Gasteiger partial charge in [0.05, 0.1) is 17.6 Å². The Morgan fingerprint density at radius 2 is 2.26 bits per heavy atom. The van der Waals surface area contributed by atoms with E-state index in [2.05, 4.69) is 34.7 Å². The van der Waals surface area contributed by atoms with Gasteiger partial charge in [0, 0.05) is 6.04 Å². The molecule has 1 aliphatic carbocycles. The highest BCUT2D eigenvalue weighted by Gasteiger charge is 2.28. The number of anilines is 1. The SMILES string of the molecule is Cc1nnccc1NC(=O)NC1CCCC(C)(C)C1. The molecule has 0 spiro atoms. The second-order valence-electron chi connectivity index (χ2n) is 6.09. The van der Waals surface area contributed by atoms with E-state index in [0.29, 0.717) is 11.1 Å². The molecule has 0 aromatic carbocycles. The molecule has 1 fully saturated rings. The topological polar surface area (TPSA) is 66.9 Å².